The van der Waals surface area contributed by atoms with Crippen LogP contribution in [0.15, 0.2) is 23.7 Å². The van der Waals surface area contributed by atoms with Crippen molar-refractivity contribution in [2.75, 3.05) is 5.32 Å². The molecule has 0 radical (unpaired) electrons. The van der Waals surface area contributed by atoms with Gasteiger partial charge in [-0.05, 0) is 17.7 Å². The van der Waals surface area contributed by atoms with Gasteiger partial charge in [-0.1, -0.05) is 0 Å². The van der Waals surface area contributed by atoms with E-state index in [0.717, 1.165) is 12.1 Å². The summed E-state index contributed by atoms with van der Waals surface area (Å²) in [4.78, 5) is 3.96. The van der Waals surface area contributed by atoms with Crippen molar-refractivity contribution in [2.45, 2.75) is 6.54 Å². The first kappa shape index (κ1) is 10.8. The second kappa shape index (κ2) is 4.44. The lowest BCUT2D eigenvalue weighted by Crippen LogP contribution is -2.00. The maximum atomic E-state index is 13.0. The number of hydrogen-bond acceptors (Lipinski definition) is 4. The average molecular weight is 242 g/mol. The minimum Gasteiger partial charge on any atom is -0.503 e. The van der Waals surface area contributed by atoms with Crippen molar-refractivity contribution in [3.8, 4) is 5.75 Å². The second-order valence-electron chi connectivity index (χ2n) is 3.10. The molecule has 0 saturated carbocycles. The maximum absolute atomic E-state index is 13.0. The summed E-state index contributed by atoms with van der Waals surface area (Å²) >= 11 is 1.39. The van der Waals surface area contributed by atoms with Crippen LogP contribution in [0.1, 0.15) is 5.56 Å². The first-order valence-electron chi connectivity index (χ1n) is 4.47. The Kier molecular flexibility index (Phi) is 3.00. The van der Waals surface area contributed by atoms with E-state index in [1.807, 2.05) is 0 Å². The SMILES string of the molecule is Oc1c(F)cc(CNc2nccs2)cc1F. The van der Waals surface area contributed by atoms with Crippen LogP contribution in [0.5, 0.6) is 5.75 Å². The highest BCUT2D eigenvalue weighted by atomic mass is 32.1. The molecule has 0 aliphatic carbocycles. The second-order valence-corrected chi connectivity index (χ2v) is 3.99. The number of thiazole rings is 1. The van der Waals surface area contributed by atoms with Crippen molar-refractivity contribution >= 4 is 16.5 Å². The van der Waals surface area contributed by atoms with Crippen LogP contribution in [-0.4, -0.2) is 10.1 Å². The van der Waals surface area contributed by atoms with E-state index in [9.17, 15) is 8.78 Å². The highest BCUT2D eigenvalue weighted by Gasteiger charge is 2.09. The molecule has 84 valence electrons. The Balaban J connectivity index is 2.10. The van der Waals surface area contributed by atoms with Crippen LogP contribution < -0.4 is 5.32 Å². The van der Waals surface area contributed by atoms with Crippen LogP contribution in [0, 0.1) is 11.6 Å². The standard InChI is InChI=1S/C10H8F2N2OS/c11-7-3-6(4-8(12)9(7)15)5-14-10-13-1-2-16-10/h1-4,15H,5H2,(H,13,14). The Morgan fingerprint density at radius 2 is 2.00 bits per heavy atom. The molecule has 2 rings (SSSR count). The number of rotatable bonds is 3. The molecule has 1 heterocycles. The van der Waals surface area contributed by atoms with E-state index in [1.54, 1.807) is 11.6 Å². The molecule has 16 heavy (non-hydrogen) atoms. The number of phenolic OH excluding ortho intramolecular Hbond substituents is 1. The lowest BCUT2D eigenvalue weighted by Gasteiger charge is -2.04. The molecule has 0 bridgehead atoms. The fourth-order valence-corrected chi connectivity index (χ4v) is 1.74. The van der Waals surface area contributed by atoms with Gasteiger partial charge in [0.05, 0.1) is 0 Å². The Morgan fingerprint density at radius 3 is 2.56 bits per heavy atom. The van der Waals surface area contributed by atoms with Crippen LogP contribution in [0.25, 0.3) is 0 Å². The molecule has 1 aromatic carbocycles. The summed E-state index contributed by atoms with van der Waals surface area (Å²) in [5.41, 5.74) is 0.406. The Bertz CT molecular complexity index is 465. The fourth-order valence-electron chi connectivity index (χ4n) is 1.21. The van der Waals surface area contributed by atoms with Crippen LogP contribution in [0.3, 0.4) is 0 Å². The predicted molar refractivity (Wildman–Crippen MR) is 57.5 cm³/mol. The Hall–Kier alpha value is -1.69. The minimum absolute atomic E-state index is 0.252. The smallest absolute Gasteiger partial charge is 0.187 e. The van der Waals surface area contributed by atoms with Gasteiger partial charge in [0.25, 0.3) is 0 Å². The molecule has 6 heteroatoms. The van der Waals surface area contributed by atoms with Crippen LogP contribution in [0.2, 0.25) is 0 Å². The van der Waals surface area contributed by atoms with Gasteiger partial charge < -0.3 is 10.4 Å². The van der Waals surface area contributed by atoms with E-state index in [-0.39, 0.29) is 6.54 Å². The topological polar surface area (TPSA) is 45.1 Å². The highest BCUT2D eigenvalue weighted by molar-refractivity contribution is 7.13. The van der Waals surface area contributed by atoms with Crippen molar-refractivity contribution in [2.24, 2.45) is 0 Å². The van der Waals surface area contributed by atoms with Crippen LogP contribution >= 0.6 is 11.3 Å². The van der Waals surface area contributed by atoms with Gasteiger partial charge in [-0.25, -0.2) is 13.8 Å². The van der Waals surface area contributed by atoms with Crippen molar-refractivity contribution in [1.82, 2.24) is 4.98 Å². The lowest BCUT2D eigenvalue weighted by molar-refractivity contribution is 0.395. The monoisotopic (exact) mass is 242 g/mol. The molecule has 0 spiro atoms. The molecule has 2 aromatic rings. The quantitative estimate of drug-likeness (QED) is 0.869. The summed E-state index contributed by atoms with van der Waals surface area (Å²) < 4.78 is 26.0. The Morgan fingerprint density at radius 1 is 1.31 bits per heavy atom. The largest absolute Gasteiger partial charge is 0.503 e. The third kappa shape index (κ3) is 2.27. The van der Waals surface area contributed by atoms with Gasteiger partial charge in [-0.3, -0.25) is 0 Å². The number of halogens is 2. The number of hydrogen-bond donors (Lipinski definition) is 2. The molecule has 0 saturated heterocycles. The van der Waals surface area contributed by atoms with Crippen molar-refractivity contribution in [3.63, 3.8) is 0 Å². The third-order valence-electron chi connectivity index (χ3n) is 1.95. The molecule has 0 aliphatic rings. The summed E-state index contributed by atoms with van der Waals surface area (Å²) in [5, 5.41) is 14.3. The van der Waals surface area contributed by atoms with Gasteiger partial charge in [0, 0.05) is 18.1 Å². The van der Waals surface area contributed by atoms with Crippen LogP contribution in [-0.2, 0) is 6.54 Å². The van der Waals surface area contributed by atoms with E-state index in [2.05, 4.69) is 10.3 Å². The third-order valence-corrected chi connectivity index (χ3v) is 2.68. The normalized spacial score (nSPS) is 10.4. The maximum Gasteiger partial charge on any atom is 0.187 e. The zero-order chi connectivity index (χ0) is 11.5. The van der Waals surface area contributed by atoms with Crippen molar-refractivity contribution in [3.05, 3.63) is 40.9 Å². The molecule has 0 amide bonds. The summed E-state index contributed by atoms with van der Waals surface area (Å²) in [6, 6.07) is 2.16. The number of benzene rings is 1. The van der Waals surface area contributed by atoms with Gasteiger partial charge in [0.1, 0.15) is 0 Å². The molecule has 0 fully saturated rings. The number of nitrogens with one attached hydrogen (secondary N) is 1. The summed E-state index contributed by atoms with van der Waals surface area (Å²) in [5.74, 6) is -2.87. The summed E-state index contributed by atoms with van der Waals surface area (Å²) in [7, 11) is 0. The van der Waals surface area contributed by atoms with E-state index >= 15 is 0 Å². The zero-order valence-electron chi connectivity index (χ0n) is 8.08. The predicted octanol–water partition coefficient (Wildman–Crippen LogP) is 2.74. The summed E-state index contributed by atoms with van der Waals surface area (Å²) in [6.45, 7) is 0.252. The van der Waals surface area contributed by atoms with Gasteiger partial charge in [0.15, 0.2) is 22.5 Å². The van der Waals surface area contributed by atoms with Gasteiger partial charge in [-0.15, -0.1) is 11.3 Å². The summed E-state index contributed by atoms with van der Waals surface area (Å²) in [6.07, 6.45) is 1.63. The number of aromatic hydroxyl groups is 1. The van der Waals surface area contributed by atoms with Gasteiger partial charge in [0.2, 0.25) is 0 Å². The molecule has 0 aliphatic heterocycles. The number of phenols is 1. The molecular weight excluding hydrogens is 234 g/mol. The van der Waals surface area contributed by atoms with E-state index < -0.39 is 17.4 Å². The molecule has 0 atom stereocenters. The first-order chi connectivity index (χ1) is 7.66. The molecule has 0 unspecified atom stereocenters. The molecular formula is C10H8F2N2OS. The molecule has 2 N–H and O–H groups in total. The number of aromatic nitrogens is 1. The fraction of sp³-hybridized carbons (Fsp3) is 0.100. The molecule has 3 nitrogen and oxygen atoms in total. The number of nitrogens with zero attached hydrogens (tertiary/aromatic N) is 1. The first-order valence-corrected chi connectivity index (χ1v) is 5.35. The lowest BCUT2D eigenvalue weighted by atomic mass is 10.2. The molecule has 1 aromatic heterocycles. The van der Waals surface area contributed by atoms with Crippen molar-refractivity contribution in [1.29, 1.82) is 0 Å². The van der Waals surface area contributed by atoms with Gasteiger partial charge >= 0.3 is 0 Å². The highest BCUT2D eigenvalue weighted by Crippen LogP contribution is 2.22. The van der Waals surface area contributed by atoms with Crippen LogP contribution in [0.4, 0.5) is 13.9 Å². The average Bonchev–Trinajstić information content (AvgIpc) is 2.75. The van der Waals surface area contributed by atoms with Crippen molar-refractivity contribution < 1.29 is 13.9 Å². The van der Waals surface area contributed by atoms with E-state index in [1.165, 1.54) is 11.3 Å². The van der Waals surface area contributed by atoms with E-state index in [4.69, 9.17) is 5.11 Å². The zero-order valence-corrected chi connectivity index (χ0v) is 8.89. The van der Waals surface area contributed by atoms with Gasteiger partial charge in [-0.2, -0.15) is 0 Å². The number of anilines is 1. The van der Waals surface area contributed by atoms with E-state index in [0.29, 0.717) is 10.7 Å². The Labute approximate surface area is 94.4 Å². The minimum atomic E-state index is -0.962.